The van der Waals surface area contributed by atoms with E-state index in [1.54, 1.807) is 13.8 Å². The summed E-state index contributed by atoms with van der Waals surface area (Å²) >= 11 is 5.50. The molecule has 0 bridgehead atoms. The lowest BCUT2D eigenvalue weighted by molar-refractivity contribution is -0.138. The maximum Gasteiger partial charge on any atom is 0.418 e. The van der Waals surface area contributed by atoms with Crippen LogP contribution in [0.1, 0.15) is 19.4 Å². The second-order valence-corrected chi connectivity index (χ2v) is 4.71. The van der Waals surface area contributed by atoms with Crippen LogP contribution in [-0.2, 0) is 15.8 Å². The third kappa shape index (κ3) is 4.41. The number of benzene rings is 1. The van der Waals surface area contributed by atoms with Crippen molar-refractivity contribution in [1.82, 2.24) is 5.32 Å². The fourth-order valence-corrected chi connectivity index (χ4v) is 1.54. The van der Waals surface area contributed by atoms with Crippen LogP contribution in [0, 0.1) is 0 Å². The van der Waals surface area contributed by atoms with Crippen molar-refractivity contribution in [2.24, 2.45) is 0 Å². The third-order valence-electron chi connectivity index (χ3n) is 2.16. The van der Waals surface area contributed by atoms with Crippen LogP contribution in [0.15, 0.2) is 18.2 Å². The number of carbonyl (C=O) groups excluding carboxylic acids is 2. The van der Waals surface area contributed by atoms with E-state index in [2.05, 4.69) is 5.32 Å². The summed E-state index contributed by atoms with van der Waals surface area (Å²) in [7, 11) is 0. The summed E-state index contributed by atoms with van der Waals surface area (Å²) in [5.41, 5.74) is -1.64. The first-order chi connectivity index (χ1) is 9.11. The van der Waals surface area contributed by atoms with Gasteiger partial charge in [-0.2, -0.15) is 13.2 Å². The molecular formula is C12H12ClF3N2O2. The number of hydrogen-bond acceptors (Lipinski definition) is 2. The summed E-state index contributed by atoms with van der Waals surface area (Å²) in [4.78, 5) is 22.8. The van der Waals surface area contributed by atoms with Gasteiger partial charge in [0.05, 0.1) is 11.3 Å². The number of alkyl halides is 3. The SMILES string of the molecule is CC(C)NC(=O)C(=O)Nc1ccc(Cl)cc1C(F)(F)F. The second kappa shape index (κ2) is 6.13. The highest BCUT2D eigenvalue weighted by Gasteiger charge is 2.34. The molecule has 8 heteroatoms. The van der Waals surface area contributed by atoms with Crippen molar-refractivity contribution < 1.29 is 22.8 Å². The molecule has 0 atom stereocenters. The van der Waals surface area contributed by atoms with E-state index >= 15 is 0 Å². The lowest BCUT2D eigenvalue weighted by Crippen LogP contribution is -2.39. The van der Waals surface area contributed by atoms with Crippen LogP contribution >= 0.6 is 11.6 Å². The molecule has 0 aromatic heterocycles. The van der Waals surface area contributed by atoms with Crippen molar-refractivity contribution in [1.29, 1.82) is 0 Å². The average Bonchev–Trinajstić information content (AvgIpc) is 2.29. The van der Waals surface area contributed by atoms with Crippen LogP contribution in [0.3, 0.4) is 0 Å². The Hall–Kier alpha value is -1.76. The van der Waals surface area contributed by atoms with Crippen LogP contribution in [0.4, 0.5) is 18.9 Å². The van der Waals surface area contributed by atoms with E-state index in [4.69, 9.17) is 11.6 Å². The molecule has 0 aliphatic carbocycles. The molecule has 0 fully saturated rings. The monoisotopic (exact) mass is 308 g/mol. The standard InChI is InChI=1S/C12H12ClF3N2O2/c1-6(2)17-10(19)11(20)18-9-4-3-7(13)5-8(9)12(14,15)16/h3-6H,1-2H3,(H,17,19)(H,18,20). The maximum atomic E-state index is 12.8. The molecule has 2 amide bonds. The Balaban J connectivity index is 2.98. The lowest BCUT2D eigenvalue weighted by Gasteiger charge is -2.14. The molecule has 0 aliphatic rings. The van der Waals surface area contributed by atoms with Gasteiger partial charge in [-0.05, 0) is 32.0 Å². The number of amides is 2. The zero-order valence-corrected chi connectivity index (χ0v) is 11.4. The van der Waals surface area contributed by atoms with Gasteiger partial charge in [0.25, 0.3) is 0 Å². The Bertz CT molecular complexity index is 530. The second-order valence-electron chi connectivity index (χ2n) is 4.27. The fraction of sp³-hybridized carbons (Fsp3) is 0.333. The molecule has 1 aromatic carbocycles. The molecule has 0 aliphatic heterocycles. The van der Waals surface area contributed by atoms with Gasteiger partial charge in [0.2, 0.25) is 0 Å². The topological polar surface area (TPSA) is 58.2 Å². The Labute approximate surface area is 118 Å². The van der Waals surface area contributed by atoms with E-state index in [1.807, 2.05) is 5.32 Å². The minimum absolute atomic E-state index is 0.123. The predicted molar refractivity (Wildman–Crippen MR) is 68.4 cm³/mol. The molecular weight excluding hydrogens is 297 g/mol. The highest BCUT2D eigenvalue weighted by atomic mass is 35.5. The van der Waals surface area contributed by atoms with Gasteiger partial charge >= 0.3 is 18.0 Å². The number of hydrogen-bond donors (Lipinski definition) is 2. The van der Waals surface area contributed by atoms with Crippen molar-refractivity contribution in [3.05, 3.63) is 28.8 Å². The molecule has 0 spiro atoms. The Morgan fingerprint density at radius 2 is 1.80 bits per heavy atom. The zero-order valence-electron chi connectivity index (χ0n) is 10.6. The van der Waals surface area contributed by atoms with Gasteiger partial charge in [-0.1, -0.05) is 11.6 Å². The van der Waals surface area contributed by atoms with E-state index in [0.29, 0.717) is 6.07 Å². The van der Waals surface area contributed by atoms with Crippen LogP contribution in [0.25, 0.3) is 0 Å². The highest BCUT2D eigenvalue weighted by molar-refractivity contribution is 6.39. The molecule has 0 saturated heterocycles. The van der Waals surface area contributed by atoms with E-state index in [-0.39, 0.29) is 11.1 Å². The Morgan fingerprint density at radius 1 is 1.20 bits per heavy atom. The van der Waals surface area contributed by atoms with E-state index in [0.717, 1.165) is 6.07 Å². The van der Waals surface area contributed by atoms with Crippen LogP contribution in [0.5, 0.6) is 0 Å². The van der Waals surface area contributed by atoms with Crippen molar-refractivity contribution >= 4 is 29.1 Å². The first kappa shape index (κ1) is 16.3. The molecule has 0 radical (unpaired) electrons. The largest absolute Gasteiger partial charge is 0.418 e. The molecule has 110 valence electrons. The summed E-state index contributed by atoms with van der Waals surface area (Å²) in [6.07, 6.45) is -4.69. The molecule has 2 N–H and O–H groups in total. The van der Waals surface area contributed by atoms with Crippen molar-refractivity contribution in [3.8, 4) is 0 Å². The first-order valence-electron chi connectivity index (χ1n) is 5.60. The summed E-state index contributed by atoms with van der Waals surface area (Å²) < 4.78 is 38.3. The van der Waals surface area contributed by atoms with Gasteiger partial charge in [0.1, 0.15) is 0 Å². The molecule has 0 saturated carbocycles. The molecule has 4 nitrogen and oxygen atoms in total. The van der Waals surface area contributed by atoms with Gasteiger partial charge in [-0.25, -0.2) is 0 Å². The van der Waals surface area contributed by atoms with Gasteiger partial charge in [0.15, 0.2) is 0 Å². The third-order valence-corrected chi connectivity index (χ3v) is 2.40. The van der Waals surface area contributed by atoms with Crippen LogP contribution in [-0.4, -0.2) is 17.9 Å². The van der Waals surface area contributed by atoms with Gasteiger partial charge in [-0.15, -0.1) is 0 Å². The quantitative estimate of drug-likeness (QED) is 0.825. The lowest BCUT2D eigenvalue weighted by atomic mass is 10.1. The number of rotatable bonds is 2. The first-order valence-corrected chi connectivity index (χ1v) is 5.97. The van der Waals surface area contributed by atoms with E-state index < -0.39 is 29.2 Å². The van der Waals surface area contributed by atoms with Crippen molar-refractivity contribution in [2.75, 3.05) is 5.32 Å². The Morgan fingerprint density at radius 3 is 2.30 bits per heavy atom. The summed E-state index contributed by atoms with van der Waals surface area (Å²) in [6.45, 7) is 3.24. The van der Waals surface area contributed by atoms with E-state index in [1.165, 1.54) is 6.07 Å². The number of halogens is 4. The van der Waals surface area contributed by atoms with Gasteiger partial charge in [-0.3, -0.25) is 9.59 Å². The fourth-order valence-electron chi connectivity index (χ4n) is 1.37. The van der Waals surface area contributed by atoms with Crippen molar-refractivity contribution in [2.45, 2.75) is 26.1 Å². The van der Waals surface area contributed by atoms with Crippen LogP contribution < -0.4 is 10.6 Å². The molecule has 1 aromatic rings. The van der Waals surface area contributed by atoms with Gasteiger partial charge < -0.3 is 10.6 Å². The minimum atomic E-state index is -4.69. The maximum absolute atomic E-state index is 12.8. The average molecular weight is 309 g/mol. The zero-order chi connectivity index (χ0) is 15.5. The highest BCUT2D eigenvalue weighted by Crippen LogP contribution is 2.36. The number of anilines is 1. The number of carbonyl (C=O) groups is 2. The number of nitrogens with one attached hydrogen (secondary N) is 2. The summed E-state index contributed by atoms with van der Waals surface area (Å²) in [6, 6.07) is 2.55. The summed E-state index contributed by atoms with van der Waals surface area (Å²) in [5.74, 6) is -2.19. The summed E-state index contributed by atoms with van der Waals surface area (Å²) in [5, 5.41) is 4.07. The van der Waals surface area contributed by atoms with E-state index in [9.17, 15) is 22.8 Å². The minimum Gasteiger partial charge on any atom is -0.346 e. The molecule has 0 heterocycles. The van der Waals surface area contributed by atoms with Gasteiger partial charge in [0, 0.05) is 11.1 Å². The Kier molecular flexibility index (Phi) is 4.99. The van der Waals surface area contributed by atoms with Crippen LogP contribution in [0.2, 0.25) is 5.02 Å². The molecule has 20 heavy (non-hydrogen) atoms. The van der Waals surface area contributed by atoms with Crippen molar-refractivity contribution in [3.63, 3.8) is 0 Å². The smallest absolute Gasteiger partial charge is 0.346 e. The normalized spacial score (nSPS) is 11.3. The predicted octanol–water partition coefficient (Wildman–Crippen LogP) is 2.82. The molecule has 0 unspecified atom stereocenters. The molecule has 1 rings (SSSR count).